The van der Waals surface area contributed by atoms with Gasteiger partial charge in [-0.05, 0) is 27.6 Å². The Morgan fingerprint density at radius 3 is 2.71 bits per heavy atom. The van der Waals surface area contributed by atoms with Crippen molar-refractivity contribution in [2.24, 2.45) is 0 Å². The summed E-state index contributed by atoms with van der Waals surface area (Å²) in [6.45, 7) is 0. The Morgan fingerprint density at radius 2 is 2.29 bits per heavy atom. The fourth-order valence-electron chi connectivity index (χ4n) is 1.01. The summed E-state index contributed by atoms with van der Waals surface area (Å²) in [6.07, 6.45) is -2.74. The van der Waals surface area contributed by atoms with E-state index in [0.29, 0.717) is 4.60 Å². The molecular formula is C8H4BrClF2N2. The van der Waals surface area contributed by atoms with Crippen molar-refractivity contribution < 1.29 is 8.78 Å². The highest BCUT2D eigenvalue weighted by molar-refractivity contribution is 9.10. The van der Waals surface area contributed by atoms with Crippen LogP contribution in [0.3, 0.4) is 0 Å². The van der Waals surface area contributed by atoms with Gasteiger partial charge in [0.25, 0.3) is 6.43 Å². The zero-order valence-corrected chi connectivity index (χ0v) is 9.11. The van der Waals surface area contributed by atoms with Crippen LogP contribution in [0.5, 0.6) is 0 Å². The van der Waals surface area contributed by atoms with E-state index in [1.807, 2.05) is 0 Å². The normalized spacial score (nSPS) is 10.3. The molecule has 0 spiro atoms. The lowest BCUT2D eigenvalue weighted by Crippen LogP contribution is -2.00. The van der Waals surface area contributed by atoms with Crippen LogP contribution in [0.25, 0.3) is 0 Å². The van der Waals surface area contributed by atoms with E-state index in [1.165, 1.54) is 6.07 Å². The molecule has 1 aromatic rings. The number of rotatable bonds is 2. The second-order valence-electron chi connectivity index (χ2n) is 2.41. The number of pyridine rings is 1. The maximum Gasteiger partial charge on any atom is 0.266 e. The monoisotopic (exact) mass is 280 g/mol. The number of nitriles is 1. The molecule has 0 atom stereocenters. The Labute approximate surface area is 92.6 Å². The second kappa shape index (κ2) is 4.67. The topological polar surface area (TPSA) is 36.7 Å². The first-order valence-corrected chi connectivity index (χ1v) is 4.86. The van der Waals surface area contributed by atoms with Gasteiger partial charge in [-0.15, -0.1) is 11.6 Å². The van der Waals surface area contributed by atoms with Crippen molar-refractivity contribution in [3.63, 3.8) is 0 Å². The van der Waals surface area contributed by atoms with Crippen molar-refractivity contribution in [2.75, 3.05) is 0 Å². The summed E-state index contributed by atoms with van der Waals surface area (Å²) in [6, 6.07) is 3.00. The molecule has 0 bridgehead atoms. The first kappa shape index (κ1) is 11.3. The van der Waals surface area contributed by atoms with Gasteiger partial charge in [-0.2, -0.15) is 5.26 Å². The SMILES string of the molecule is N#Cc1nc(Br)cc(CCl)c1C(F)F. The van der Waals surface area contributed by atoms with E-state index in [-0.39, 0.29) is 22.7 Å². The lowest BCUT2D eigenvalue weighted by molar-refractivity contribution is 0.149. The van der Waals surface area contributed by atoms with Gasteiger partial charge in [0.15, 0.2) is 5.69 Å². The molecule has 0 aliphatic rings. The number of alkyl halides is 3. The molecule has 0 unspecified atom stereocenters. The molecule has 0 saturated heterocycles. The molecule has 6 heteroatoms. The highest BCUT2D eigenvalue weighted by atomic mass is 79.9. The molecule has 0 N–H and O–H groups in total. The van der Waals surface area contributed by atoms with Crippen molar-refractivity contribution in [3.8, 4) is 6.07 Å². The molecule has 1 heterocycles. The van der Waals surface area contributed by atoms with Gasteiger partial charge in [-0.1, -0.05) is 0 Å². The third-order valence-electron chi connectivity index (χ3n) is 1.58. The highest BCUT2D eigenvalue weighted by Crippen LogP contribution is 2.28. The fourth-order valence-corrected chi connectivity index (χ4v) is 1.69. The van der Waals surface area contributed by atoms with Crippen LogP contribution in [0, 0.1) is 11.3 Å². The van der Waals surface area contributed by atoms with Crippen LogP contribution in [0.4, 0.5) is 8.78 Å². The molecule has 0 aromatic carbocycles. The summed E-state index contributed by atoms with van der Waals surface area (Å²) in [4.78, 5) is 3.64. The predicted octanol–water partition coefficient (Wildman–Crippen LogP) is 3.39. The van der Waals surface area contributed by atoms with Gasteiger partial charge in [-0.3, -0.25) is 0 Å². The molecule has 1 aromatic heterocycles. The Balaban J connectivity index is 3.42. The summed E-state index contributed by atoms with van der Waals surface area (Å²) in [5, 5.41) is 8.60. The molecule has 0 saturated carbocycles. The van der Waals surface area contributed by atoms with Crippen LogP contribution in [-0.4, -0.2) is 4.98 Å². The third kappa shape index (κ3) is 2.20. The van der Waals surface area contributed by atoms with Crippen molar-refractivity contribution in [1.29, 1.82) is 5.26 Å². The van der Waals surface area contributed by atoms with E-state index in [2.05, 4.69) is 20.9 Å². The first-order chi connectivity index (χ1) is 6.60. The number of hydrogen-bond donors (Lipinski definition) is 0. The lowest BCUT2D eigenvalue weighted by atomic mass is 10.1. The molecule has 1 rings (SSSR count). The van der Waals surface area contributed by atoms with Gasteiger partial charge in [0, 0.05) is 5.88 Å². The van der Waals surface area contributed by atoms with Crippen molar-refractivity contribution in [1.82, 2.24) is 4.98 Å². The molecule has 74 valence electrons. The first-order valence-electron chi connectivity index (χ1n) is 3.53. The Bertz CT molecular complexity index is 390. The summed E-state index contributed by atoms with van der Waals surface area (Å²) < 4.78 is 25.4. The molecule has 0 amide bonds. The zero-order chi connectivity index (χ0) is 10.7. The molecule has 0 fully saturated rings. The maximum atomic E-state index is 12.5. The van der Waals surface area contributed by atoms with Crippen molar-refractivity contribution in [2.45, 2.75) is 12.3 Å². The minimum atomic E-state index is -2.74. The molecule has 0 radical (unpaired) electrons. The molecule has 0 aliphatic carbocycles. The molecule has 0 aliphatic heterocycles. The molecular weight excluding hydrogens is 277 g/mol. The van der Waals surface area contributed by atoms with Crippen LogP contribution in [0.15, 0.2) is 10.7 Å². The van der Waals surface area contributed by atoms with Gasteiger partial charge >= 0.3 is 0 Å². The highest BCUT2D eigenvalue weighted by Gasteiger charge is 2.19. The predicted molar refractivity (Wildman–Crippen MR) is 51.2 cm³/mol. The standard InChI is InChI=1S/C8H4BrClF2N2/c9-6-1-4(2-10)7(8(11)12)5(3-13)14-6/h1,8H,2H2. The number of aromatic nitrogens is 1. The van der Waals surface area contributed by atoms with E-state index in [9.17, 15) is 8.78 Å². The van der Waals surface area contributed by atoms with E-state index in [0.717, 1.165) is 0 Å². The van der Waals surface area contributed by atoms with Gasteiger partial charge in [-0.25, -0.2) is 13.8 Å². The van der Waals surface area contributed by atoms with Crippen LogP contribution in [-0.2, 0) is 5.88 Å². The van der Waals surface area contributed by atoms with Crippen LogP contribution in [0.2, 0.25) is 0 Å². The number of nitrogens with zero attached hydrogens (tertiary/aromatic N) is 2. The fraction of sp³-hybridized carbons (Fsp3) is 0.250. The Morgan fingerprint density at radius 1 is 1.64 bits per heavy atom. The average molecular weight is 281 g/mol. The largest absolute Gasteiger partial charge is 0.266 e. The number of halogens is 4. The summed E-state index contributed by atoms with van der Waals surface area (Å²) in [5.41, 5.74) is -0.448. The van der Waals surface area contributed by atoms with Gasteiger partial charge < -0.3 is 0 Å². The van der Waals surface area contributed by atoms with Gasteiger partial charge in [0.05, 0.1) is 5.56 Å². The second-order valence-corrected chi connectivity index (χ2v) is 3.49. The Kier molecular flexibility index (Phi) is 3.78. The van der Waals surface area contributed by atoms with Crippen LogP contribution in [0.1, 0.15) is 23.2 Å². The van der Waals surface area contributed by atoms with Gasteiger partial charge in [0.1, 0.15) is 10.7 Å². The minimum Gasteiger partial charge on any atom is -0.230 e. The van der Waals surface area contributed by atoms with E-state index in [4.69, 9.17) is 16.9 Å². The molecule has 14 heavy (non-hydrogen) atoms. The maximum absolute atomic E-state index is 12.5. The van der Waals surface area contributed by atoms with E-state index < -0.39 is 6.43 Å². The minimum absolute atomic E-state index is 0.0739. The quantitative estimate of drug-likeness (QED) is 0.615. The van der Waals surface area contributed by atoms with E-state index >= 15 is 0 Å². The average Bonchev–Trinajstić information content (AvgIpc) is 2.15. The summed E-state index contributed by atoms with van der Waals surface area (Å²) in [7, 11) is 0. The van der Waals surface area contributed by atoms with Crippen LogP contribution >= 0.6 is 27.5 Å². The third-order valence-corrected chi connectivity index (χ3v) is 2.28. The summed E-state index contributed by atoms with van der Waals surface area (Å²) in [5.74, 6) is -0.0739. The van der Waals surface area contributed by atoms with Crippen molar-refractivity contribution in [3.05, 3.63) is 27.5 Å². The number of hydrogen-bond acceptors (Lipinski definition) is 2. The van der Waals surface area contributed by atoms with Crippen LogP contribution < -0.4 is 0 Å². The van der Waals surface area contributed by atoms with Gasteiger partial charge in [0.2, 0.25) is 0 Å². The Hall–Kier alpha value is -0.730. The lowest BCUT2D eigenvalue weighted by Gasteiger charge is -2.07. The van der Waals surface area contributed by atoms with E-state index in [1.54, 1.807) is 6.07 Å². The molecule has 2 nitrogen and oxygen atoms in total. The van der Waals surface area contributed by atoms with Crippen molar-refractivity contribution >= 4 is 27.5 Å². The summed E-state index contributed by atoms with van der Waals surface area (Å²) >= 11 is 8.50. The zero-order valence-electron chi connectivity index (χ0n) is 6.77. The smallest absolute Gasteiger partial charge is 0.230 e.